The Labute approximate surface area is 140 Å². The van der Waals surface area contributed by atoms with Crippen molar-refractivity contribution < 1.29 is 14.3 Å². The van der Waals surface area contributed by atoms with Crippen LogP contribution in [0.2, 0.25) is 0 Å². The van der Waals surface area contributed by atoms with E-state index < -0.39 is 12.0 Å². The van der Waals surface area contributed by atoms with Gasteiger partial charge in [-0.1, -0.05) is 13.3 Å². The van der Waals surface area contributed by atoms with Crippen LogP contribution in [0.5, 0.6) is 0 Å². The van der Waals surface area contributed by atoms with Crippen molar-refractivity contribution in [2.45, 2.75) is 25.8 Å². The molecule has 0 amide bonds. The second-order valence-electron chi connectivity index (χ2n) is 5.61. The molecule has 1 atom stereocenters. The van der Waals surface area contributed by atoms with Crippen LogP contribution in [0.3, 0.4) is 0 Å². The molecule has 0 saturated heterocycles. The number of rotatable bonds is 5. The van der Waals surface area contributed by atoms with Crippen molar-refractivity contribution in [1.82, 2.24) is 29.4 Å². The van der Waals surface area contributed by atoms with Crippen molar-refractivity contribution in [1.29, 1.82) is 0 Å². The third-order valence-electron chi connectivity index (χ3n) is 3.91. The number of nitrogens with zero attached hydrogens (tertiary/aromatic N) is 6. The van der Waals surface area contributed by atoms with Crippen molar-refractivity contribution in [3.8, 4) is 11.6 Å². The molecule has 0 aliphatic heterocycles. The number of furan rings is 1. The van der Waals surface area contributed by atoms with Crippen LogP contribution in [0.1, 0.15) is 25.8 Å². The molecule has 4 aromatic rings. The van der Waals surface area contributed by atoms with Crippen molar-refractivity contribution in [2.75, 3.05) is 5.73 Å². The Balaban J connectivity index is 1.92. The van der Waals surface area contributed by atoms with E-state index >= 15 is 0 Å². The molecule has 1 unspecified atom stereocenters. The second-order valence-corrected chi connectivity index (χ2v) is 5.61. The standard InChI is InChI=1S/C15H15N7O3/c1-2-4-9(14(23)24)21-7-8-11(19-21)18-15(16)22-13(8)17-12(20-22)10-5-3-6-25-10/h3,5-7,9H,2,4H2,1H3,(H,23,24)(H2,16,18,19). The number of anilines is 1. The molecule has 4 heterocycles. The van der Waals surface area contributed by atoms with Gasteiger partial charge >= 0.3 is 5.97 Å². The summed E-state index contributed by atoms with van der Waals surface area (Å²) in [5.41, 5.74) is 6.72. The quantitative estimate of drug-likeness (QED) is 0.560. The number of carboxylic acid groups (broad SMARTS) is 1. The normalized spacial score (nSPS) is 12.8. The number of aromatic nitrogens is 6. The average Bonchev–Trinajstić information content (AvgIpc) is 3.29. The molecule has 0 aliphatic rings. The van der Waals surface area contributed by atoms with Crippen LogP contribution in [0.25, 0.3) is 28.3 Å². The average molecular weight is 341 g/mol. The van der Waals surface area contributed by atoms with Gasteiger partial charge in [-0.05, 0) is 18.6 Å². The smallest absolute Gasteiger partial charge is 0.328 e. The molecule has 4 rings (SSSR count). The van der Waals surface area contributed by atoms with E-state index in [2.05, 4.69) is 20.2 Å². The fourth-order valence-electron chi connectivity index (χ4n) is 2.74. The van der Waals surface area contributed by atoms with Crippen LogP contribution in [-0.2, 0) is 4.79 Å². The summed E-state index contributed by atoms with van der Waals surface area (Å²) < 4.78 is 8.09. The van der Waals surface area contributed by atoms with Crippen LogP contribution >= 0.6 is 0 Å². The molecule has 10 heteroatoms. The highest BCUT2D eigenvalue weighted by Crippen LogP contribution is 2.25. The van der Waals surface area contributed by atoms with E-state index in [-0.39, 0.29) is 5.95 Å². The summed E-state index contributed by atoms with van der Waals surface area (Å²) in [4.78, 5) is 20.2. The number of fused-ring (bicyclic) bond motifs is 3. The van der Waals surface area contributed by atoms with Crippen LogP contribution in [0.4, 0.5) is 5.95 Å². The van der Waals surface area contributed by atoms with Gasteiger partial charge in [-0.25, -0.2) is 9.78 Å². The molecule has 0 saturated carbocycles. The summed E-state index contributed by atoms with van der Waals surface area (Å²) in [5, 5.41) is 18.6. The van der Waals surface area contributed by atoms with Crippen molar-refractivity contribution in [2.24, 2.45) is 0 Å². The molecule has 0 bridgehead atoms. The Kier molecular flexibility index (Phi) is 3.38. The Bertz CT molecular complexity index is 1060. The lowest BCUT2D eigenvalue weighted by Gasteiger charge is -2.10. The van der Waals surface area contributed by atoms with Gasteiger partial charge in [-0.15, -0.1) is 5.10 Å². The Hall–Kier alpha value is -3.43. The molecule has 0 aliphatic carbocycles. The zero-order valence-corrected chi connectivity index (χ0v) is 13.3. The first-order valence-corrected chi connectivity index (χ1v) is 7.76. The number of carbonyl (C=O) groups is 1. The molecule has 0 spiro atoms. The molecule has 25 heavy (non-hydrogen) atoms. The second kappa shape index (κ2) is 5.58. The fourth-order valence-corrected chi connectivity index (χ4v) is 2.74. The van der Waals surface area contributed by atoms with Crippen LogP contribution in [0, 0.1) is 0 Å². The highest BCUT2D eigenvalue weighted by atomic mass is 16.4. The number of nitrogen functional groups attached to an aromatic ring is 1. The molecule has 3 N–H and O–H groups in total. The molecular weight excluding hydrogens is 326 g/mol. The SMILES string of the molecule is CCCC(C(=O)O)n1cc2c(nc(N)n3nc(-c4ccco4)nc23)n1. The summed E-state index contributed by atoms with van der Waals surface area (Å²) in [7, 11) is 0. The van der Waals surface area contributed by atoms with Gasteiger partial charge in [0.25, 0.3) is 0 Å². The van der Waals surface area contributed by atoms with Gasteiger partial charge in [0.2, 0.25) is 11.8 Å². The summed E-state index contributed by atoms with van der Waals surface area (Å²) in [6.45, 7) is 1.92. The van der Waals surface area contributed by atoms with Gasteiger partial charge in [0, 0.05) is 6.20 Å². The molecule has 10 nitrogen and oxygen atoms in total. The first kappa shape index (κ1) is 15.1. The van der Waals surface area contributed by atoms with E-state index in [0.29, 0.717) is 41.1 Å². The molecule has 0 aromatic carbocycles. The Morgan fingerprint density at radius 1 is 1.40 bits per heavy atom. The zero-order chi connectivity index (χ0) is 17.6. The van der Waals surface area contributed by atoms with Gasteiger partial charge in [0.05, 0.1) is 11.6 Å². The van der Waals surface area contributed by atoms with Gasteiger partial charge in [0.15, 0.2) is 17.1 Å². The highest BCUT2D eigenvalue weighted by Gasteiger charge is 2.23. The van der Waals surface area contributed by atoms with E-state index in [1.165, 1.54) is 15.5 Å². The largest absolute Gasteiger partial charge is 0.480 e. The zero-order valence-electron chi connectivity index (χ0n) is 13.3. The number of aliphatic carboxylic acids is 1. The van der Waals surface area contributed by atoms with Crippen LogP contribution < -0.4 is 5.73 Å². The number of nitrogens with two attached hydrogens (primary N) is 1. The molecule has 128 valence electrons. The van der Waals surface area contributed by atoms with Gasteiger partial charge < -0.3 is 15.3 Å². The van der Waals surface area contributed by atoms with E-state index in [9.17, 15) is 9.90 Å². The van der Waals surface area contributed by atoms with Gasteiger partial charge in [0.1, 0.15) is 6.04 Å². The van der Waals surface area contributed by atoms with Crippen molar-refractivity contribution >= 4 is 28.6 Å². The summed E-state index contributed by atoms with van der Waals surface area (Å²) in [6.07, 6.45) is 4.32. The number of hydrogen-bond acceptors (Lipinski definition) is 7. The van der Waals surface area contributed by atoms with E-state index in [1.54, 1.807) is 18.3 Å². The maximum absolute atomic E-state index is 11.5. The topological polar surface area (TPSA) is 137 Å². The number of carboxylic acids is 1. The fraction of sp³-hybridized carbons (Fsp3) is 0.267. The minimum atomic E-state index is -0.948. The Morgan fingerprint density at radius 3 is 2.92 bits per heavy atom. The predicted octanol–water partition coefficient (Wildman–Crippen LogP) is 1.74. The highest BCUT2D eigenvalue weighted by molar-refractivity contribution is 5.90. The lowest BCUT2D eigenvalue weighted by molar-refractivity contribution is -0.141. The van der Waals surface area contributed by atoms with Gasteiger partial charge in [-0.2, -0.15) is 14.6 Å². The molecule has 4 aromatic heterocycles. The molecule has 0 fully saturated rings. The lowest BCUT2D eigenvalue weighted by Crippen LogP contribution is -2.19. The van der Waals surface area contributed by atoms with Gasteiger partial charge in [-0.3, -0.25) is 4.68 Å². The van der Waals surface area contributed by atoms with E-state index in [4.69, 9.17) is 10.2 Å². The third kappa shape index (κ3) is 2.38. The first-order chi connectivity index (χ1) is 12.1. The maximum Gasteiger partial charge on any atom is 0.328 e. The molecule has 0 radical (unpaired) electrons. The summed E-state index contributed by atoms with van der Waals surface area (Å²) in [5.74, 6) is 0.0249. The Morgan fingerprint density at radius 2 is 2.24 bits per heavy atom. The number of hydrogen-bond donors (Lipinski definition) is 2. The third-order valence-corrected chi connectivity index (χ3v) is 3.91. The minimum absolute atomic E-state index is 0.112. The van der Waals surface area contributed by atoms with Crippen LogP contribution in [-0.4, -0.2) is 40.4 Å². The van der Waals surface area contributed by atoms with E-state index in [1.807, 2.05) is 6.92 Å². The van der Waals surface area contributed by atoms with Crippen molar-refractivity contribution in [3.63, 3.8) is 0 Å². The van der Waals surface area contributed by atoms with Crippen LogP contribution in [0.15, 0.2) is 29.0 Å². The lowest BCUT2D eigenvalue weighted by atomic mass is 10.2. The summed E-state index contributed by atoms with van der Waals surface area (Å²) >= 11 is 0. The summed E-state index contributed by atoms with van der Waals surface area (Å²) in [6, 6.07) is 2.70. The predicted molar refractivity (Wildman–Crippen MR) is 87.8 cm³/mol. The maximum atomic E-state index is 11.5. The monoisotopic (exact) mass is 341 g/mol. The first-order valence-electron chi connectivity index (χ1n) is 7.76. The van der Waals surface area contributed by atoms with E-state index in [0.717, 1.165) is 0 Å². The molecular formula is C15H15N7O3. The van der Waals surface area contributed by atoms with Crippen molar-refractivity contribution in [3.05, 3.63) is 24.6 Å². The minimum Gasteiger partial charge on any atom is -0.480 e.